The van der Waals surface area contributed by atoms with Gasteiger partial charge in [-0.3, -0.25) is 4.57 Å². The van der Waals surface area contributed by atoms with Crippen molar-refractivity contribution in [1.29, 1.82) is 0 Å². The number of hydrogen-bond acceptors (Lipinski definition) is 4. The third kappa shape index (κ3) is 4.77. The molecule has 5 heteroatoms. The average molecular weight is 741 g/mol. The van der Waals surface area contributed by atoms with Gasteiger partial charge >= 0.3 is 0 Å². The lowest BCUT2D eigenvalue weighted by atomic mass is 9.68. The number of aliphatic imine (C=N–C) groups is 2. The Balaban J connectivity index is 1.06. The van der Waals surface area contributed by atoms with Crippen molar-refractivity contribution in [2.24, 2.45) is 9.98 Å². The van der Waals surface area contributed by atoms with Crippen LogP contribution in [0.1, 0.15) is 78.9 Å². The SMILES string of the molecule is C1=CCCC(c2cccc3sc4cc(C5N=C(c6ccccc6)NC(n6c7ccccc7c7cc8c(cc76)C6(CCCCC6)c6ccccc6-8)=N5)ccc4c23)=C1. The van der Waals surface area contributed by atoms with Gasteiger partial charge in [0.05, 0.1) is 11.0 Å². The molecule has 1 aliphatic heterocycles. The van der Waals surface area contributed by atoms with Crippen molar-refractivity contribution in [1.82, 2.24) is 9.88 Å². The maximum absolute atomic E-state index is 5.53. The highest BCUT2D eigenvalue weighted by Gasteiger charge is 2.44. The third-order valence-corrected chi connectivity index (χ3v) is 14.0. The van der Waals surface area contributed by atoms with E-state index in [1.807, 2.05) is 11.3 Å². The molecule has 1 spiro atoms. The van der Waals surface area contributed by atoms with E-state index in [2.05, 4.69) is 156 Å². The number of thiophene rings is 1. The fraction of sp³-hybridized carbons (Fsp3) is 0.176. The molecule has 0 saturated heterocycles. The fourth-order valence-electron chi connectivity index (χ4n) is 10.4. The second-order valence-corrected chi connectivity index (χ2v) is 17.0. The summed E-state index contributed by atoms with van der Waals surface area (Å²) in [6.07, 6.45) is 14.8. The van der Waals surface area contributed by atoms with Crippen LogP contribution in [0.2, 0.25) is 0 Å². The van der Waals surface area contributed by atoms with Gasteiger partial charge in [0, 0.05) is 41.9 Å². The smallest absolute Gasteiger partial charge is 0.211 e. The van der Waals surface area contributed by atoms with Crippen molar-refractivity contribution in [3.63, 3.8) is 0 Å². The first-order valence-electron chi connectivity index (χ1n) is 20.2. The Labute approximate surface area is 330 Å². The summed E-state index contributed by atoms with van der Waals surface area (Å²) >= 11 is 1.87. The van der Waals surface area contributed by atoms with Crippen LogP contribution in [0.3, 0.4) is 0 Å². The van der Waals surface area contributed by atoms with Gasteiger partial charge in [-0.15, -0.1) is 11.3 Å². The number of allylic oxidation sites excluding steroid dienone is 4. The number of rotatable bonds is 3. The Morgan fingerprint density at radius 1 is 0.643 bits per heavy atom. The summed E-state index contributed by atoms with van der Waals surface area (Å²) in [5, 5.41) is 8.93. The molecule has 3 aliphatic carbocycles. The molecule has 0 bridgehead atoms. The first-order chi connectivity index (χ1) is 27.7. The van der Waals surface area contributed by atoms with E-state index in [-0.39, 0.29) is 5.41 Å². The van der Waals surface area contributed by atoms with Gasteiger partial charge in [-0.2, -0.15) is 0 Å². The summed E-state index contributed by atoms with van der Waals surface area (Å²) in [4.78, 5) is 10.9. The minimum atomic E-state index is -0.415. The zero-order chi connectivity index (χ0) is 36.8. The fourth-order valence-corrected chi connectivity index (χ4v) is 11.6. The zero-order valence-corrected chi connectivity index (χ0v) is 31.9. The Bertz CT molecular complexity index is 3040. The Morgan fingerprint density at radius 2 is 1.48 bits per heavy atom. The van der Waals surface area contributed by atoms with Crippen LogP contribution < -0.4 is 5.32 Å². The normalized spacial score (nSPS) is 18.6. The van der Waals surface area contributed by atoms with Crippen LogP contribution in [0, 0.1) is 0 Å². The molecule has 270 valence electrons. The van der Waals surface area contributed by atoms with Gasteiger partial charge in [0.25, 0.3) is 0 Å². The van der Waals surface area contributed by atoms with E-state index >= 15 is 0 Å². The molecule has 2 aromatic heterocycles. The maximum atomic E-state index is 5.53. The largest absolute Gasteiger partial charge is 0.310 e. The summed E-state index contributed by atoms with van der Waals surface area (Å²) in [6.45, 7) is 0. The molecule has 12 rings (SSSR count). The van der Waals surface area contributed by atoms with Gasteiger partial charge in [0.15, 0.2) is 6.17 Å². The van der Waals surface area contributed by atoms with Crippen LogP contribution in [0.5, 0.6) is 0 Å². The van der Waals surface area contributed by atoms with Gasteiger partial charge < -0.3 is 5.32 Å². The van der Waals surface area contributed by atoms with E-state index in [1.165, 1.54) is 102 Å². The molecule has 8 aromatic rings. The molecule has 4 nitrogen and oxygen atoms in total. The number of nitrogens with zero attached hydrogens (tertiary/aromatic N) is 3. The Hall–Kier alpha value is -6.04. The van der Waals surface area contributed by atoms with E-state index in [4.69, 9.17) is 9.98 Å². The summed E-state index contributed by atoms with van der Waals surface area (Å²) in [5.41, 5.74) is 13.1. The zero-order valence-electron chi connectivity index (χ0n) is 31.1. The highest BCUT2D eigenvalue weighted by Crippen LogP contribution is 2.57. The van der Waals surface area contributed by atoms with E-state index in [0.29, 0.717) is 0 Å². The number of aromatic nitrogens is 1. The molecule has 6 aromatic carbocycles. The first-order valence-corrected chi connectivity index (χ1v) is 21.0. The van der Waals surface area contributed by atoms with Gasteiger partial charge in [-0.05, 0) is 95.0 Å². The lowest BCUT2D eigenvalue weighted by Crippen LogP contribution is -2.39. The molecule has 1 unspecified atom stereocenters. The molecule has 1 atom stereocenters. The van der Waals surface area contributed by atoms with Gasteiger partial charge in [0.1, 0.15) is 5.84 Å². The molecular formula is C51H40N4S. The number of hydrogen-bond donors (Lipinski definition) is 1. The second kappa shape index (κ2) is 12.5. The number of benzene rings is 6. The molecule has 4 aliphatic rings. The summed E-state index contributed by atoms with van der Waals surface area (Å²) in [5.74, 6) is 1.64. The van der Waals surface area contributed by atoms with Crippen LogP contribution >= 0.6 is 11.3 Å². The van der Waals surface area contributed by atoms with E-state index in [9.17, 15) is 0 Å². The molecule has 1 fully saturated rings. The number of para-hydroxylation sites is 1. The van der Waals surface area contributed by atoms with Crippen LogP contribution in [0.4, 0.5) is 0 Å². The molecule has 1 saturated carbocycles. The lowest BCUT2D eigenvalue weighted by molar-refractivity contribution is 0.353. The predicted octanol–water partition coefficient (Wildman–Crippen LogP) is 13.1. The van der Waals surface area contributed by atoms with Crippen molar-refractivity contribution >= 4 is 70.7 Å². The monoisotopic (exact) mass is 740 g/mol. The second-order valence-electron chi connectivity index (χ2n) is 15.9. The van der Waals surface area contributed by atoms with Crippen molar-refractivity contribution in [2.45, 2.75) is 56.5 Å². The highest BCUT2D eigenvalue weighted by atomic mass is 32.1. The van der Waals surface area contributed by atoms with Gasteiger partial charge in [-0.25, -0.2) is 9.98 Å². The molecule has 1 N–H and O–H groups in total. The summed E-state index contributed by atoms with van der Waals surface area (Å²) in [7, 11) is 0. The van der Waals surface area contributed by atoms with Gasteiger partial charge in [-0.1, -0.05) is 135 Å². The topological polar surface area (TPSA) is 41.7 Å². The standard InChI is InChI=1S/C51H40N4S/c1-4-15-32(16-5-1)35-21-14-24-45-47(35)38-26-25-34(29-46(38)56-45)49-52-48(33-17-6-2-7-18-33)53-50(54-49)55-43-23-11-9-20-37(43)40-30-39-36-19-8-10-22-41(36)51(27-12-3-13-28-51)42(39)31-44(40)55/h1-2,4,6-11,14-15,17-26,29-31,49H,3,5,12-13,16,27-28H2,(H,52,53,54). The summed E-state index contributed by atoms with van der Waals surface area (Å²) in [6, 6.07) is 47.2. The van der Waals surface area contributed by atoms with Crippen LogP contribution in [0.15, 0.2) is 156 Å². The van der Waals surface area contributed by atoms with Gasteiger partial charge in [0.2, 0.25) is 5.96 Å². The van der Waals surface area contributed by atoms with Crippen LogP contribution in [-0.2, 0) is 5.41 Å². The van der Waals surface area contributed by atoms with Crippen LogP contribution in [-0.4, -0.2) is 16.4 Å². The summed E-state index contributed by atoms with van der Waals surface area (Å²) < 4.78 is 4.98. The number of amidine groups is 1. The minimum absolute atomic E-state index is 0.0599. The Morgan fingerprint density at radius 3 is 2.38 bits per heavy atom. The molecule has 56 heavy (non-hydrogen) atoms. The van der Waals surface area contributed by atoms with Crippen LogP contribution in [0.25, 0.3) is 58.7 Å². The van der Waals surface area contributed by atoms with Crippen molar-refractivity contribution < 1.29 is 0 Å². The number of fused-ring (bicyclic) bond motifs is 11. The Kier molecular flexibility index (Phi) is 7.19. The molecule has 3 heterocycles. The third-order valence-electron chi connectivity index (χ3n) is 12.9. The quantitative estimate of drug-likeness (QED) is 0.193. The molecular weight excluding hydrogens is 701 g/mol. The maximum Gasteiger partial charge on any atom is 0.211 e. The average Bonchev–Trinajstić information content (AvgIpc) is 3.89. The lowest BCUT2D eigenvalue weighted by Gasteiger charge is -2.36. The van der Waals surface area contributed by atoms with Crippen molar-refractivity contribution in [3.05, 3.63) is 173 Å². The predicted molar refractivity (Wildman–Crippen MR) is 236 cm³/mol. The number of nitrogens with one attached hydrogen (secondary N) is 1. The molecule has 0 amide bonds. The van der Waals surface area contributed by atoms with E-state index < -0.39 is 6.17 Å². The highest BCUT2D eigenvalue weighted by molar-refractivity contribution is 7.25. The van der Waals surface area contributed by atoms with E-state index in [0.717, 1.165) is 41.3 Å². The first kappa shape index (κ1) is 32.2. The van der Waals surface area contributed by atoms with Crippen molar-refractivity contribution in [2.75, 3.05) is 0 Å². The van der Waals surface area contributed by atoms with E-state index in [1.54, 1.807) is 0 Å². The molecule has 0 radical (unpaired) electrons. The minimum Gasteiger partial charge on any atom is -0.310 e. The van der Waals surface area contributed by atoms with Crippen molar-refractivity contribution in [3.8, 4) is 11.1 Å².